The molecular formula is C15H17N5. The van der Waals surface area contributed by atoms with Crippen molar-refractivity contribution in [1.29, 1.82) is 0 Å². The molecule has 5 nitrogen and oxygen atoms in total. The van der Waals surface area contributed by atoms with Crippen LogP contribution in [0.15, 0.2) is 36.8 Å². The van der Waals surface area contributed by atoms with Gasteiger partial charge in [0, 0.05) is 24.3 Å². The van der Waals surface area contributed by atoms with E-state index < -0.39 is 0 Å². The topological polar surface area (TPSA) is 57.7 Å². The van der Waals surface area contributed by atoms with Crippen molar-refractivity contribution in [2.75, 3.05) is 18.0 Å². The standard InChI is InChI=1S/C15H17N5/c1-3-20(4-2)12-7-5-11(6-8-12)14-18-13-9-16-10-17-15(13)19-14/h5-10H,3-4H2,1-2H3,(H,16,17,18,19). The van der Waals surface area contributed by atoms with Gasteiger partial charge in [0.1, 0.15) is 17.7 Å². The molecule has 0 bridgehead atoms. The number of H-pyrrole nitrogens is 1. The average molecular weight is 267 g/mol. The predicted molar refractivity (Wildman–Crippen MR) is 80.7 cm³/mol. The fourth-order valence-electron chi connectivity index (χ4n) is 2.32. The molecule has 1 N–H and O–H groups in total. The van der Waals surface area contributed by atoms with Crippen molar-refractivity contribution in [3.8, 4) is 11.4 Å². The molecule has 2 aromatic heterocycles. The van der Waals surface area contributed by atoms with Gasteiger partial charge in [-0.15, -0.1) is 0 Å². The summed E-state index contributed by atoms with van der Waals surface area (Å²) in [7, 11) is 0. The van der Waals surface area contributed by atoms with Crippen LogP contribution in [0.2, 0.25) is 0 Å². The molecule has 3 rings (SSSR count). The Morgan fingerprint density at radius 1 is 1.10 bits per heavy atom. The first-order valence-electron chi connectivity index (χ1n) is 6.83. The first-order valence-corrected chi connectivity index (χ1v) is 6.83. The Hall–Kier alpha value is -2.43. The maximum Gasteiger partial charge on any atom is 0.181 e. The zero-order chi connectivity index (χ0) is 13.9. The molecule has 0 aliphatic rings. The number of nitrogens with one attached hydrogen (secondary N) is 1. The minimum Gasteiger partial charge on any atom is -0.372 e. The normalized spacial score (nSPS) is 10.9. The fraction of sp³-hybridized carbons (Fsp3) is 0.267. The summed E-state index contributed by atoms with van der Waals surface area (Å²) in [6.45, 7) is 6.34. The van der Waals surface area contributed by atoms with Crippen LogP contribution in [0.25, 0.3) is 22.6 Å². The SMILES string of the molecule is CCN(CC)c1ccc(-c2nc3ncncc3[nH]2)cc1. The van der Waals surface area contributed by atoms with Crippen molar-refractivity contribution in [1.82, 2.24) is 19.9 Å². The van der Waals surface area contributed by atoms with Gasteiger partial charge >= 0.3 is 0 Å². The van der Waals surface area contributed by atoms with E-state index in [1.165, 1.54) is 12.0 Å². The summed E-state index contributed by atoms with van der Waals surface area (Å²) >= 11 is 0. The highest BCUT2D eigenvalue weighted by molar-refractivity contribution is 5.75. The quantitative estimate of drug-likeness (QED) is 0.789. The van der Waals surface area contributed by atoms with Crippen molar-refractivity contribution < 1.29 is 0 Å². The molecule has 0 amide bonds. The number of aromatic amines is 1. The second kappa shape index (κ2) is 5.28. The van der Waals surface area contributed by atoms with E-state index in [9.17, 15) is 0 Å². The maximum absolute atomic E-state index is 4.48. The second-order valence-corrected chi connectivity index (χ2v) is 4.56. The van der Waals surface area contributed by atoms with Gasteiger partial charge in [0.2, 0.25) is 0 Å². The molecular weight excluding hydrogens is 250 g/mol. The molecule has 5 heteroatoms. The third-order valence-electron chi connectivity index (χ3n) is 3.43. The van der Waals surface area contributed by atoms with E-state index in [1.807, 2.05) is 0 Å². The number of nitrogens with zero attached hydrogens (tertiary/aromatic N) is 4. The van der Waals surface area contributed by atoms with Gasteiger partial charge in [0.05, 0.1) is 6.20 Å². The Morgan fingerprint density at radius 3 is 2.50 bits per heavy atom. The summed E-state index contributed by atoms with van der Waals surface area (Å²) in [5.74, 6) is 0.826. The highest BCUT2D eigenvalue weighted by Gasteiger charge is 2.07. The number of aromatic nitrogens is 4. The summed E-state index contributed by atoms with van der Waals surface area (Å²) < 4.78 is 0. The Bertz CT molecular complexity index is 665. The van der Waals surface area contributed by atoms with Crippen LogP contribution in [0.3, 0.4) is 0 Å². The third kappa shape index (κ3) is 2.22. The van der Waals surface area contributed by atoms with E-state index in [0.717, 1.165) is 30.0 Å². The second-order valence-electron chi connectivity index (χ2n) is 4.56. The summed E-state index contributed by atoms with van der Waals surface area (Å²) in [5, 5.41) is 0. The van der Waals surface area contributed by atoms with Crippen LogP contribution < -0.4 is 4.90 Å². The van der Waals surface area contributed by atoms with Gasteiger partial charge in [-0.3, -0.25) is 0 Å². The molecule has 20 heavy (non-hydrogen) atoms. The number of anilines is 1. The lowest BCUT2D eigenvalue weighted by Gasteiger charge is -2.20. The zero-order valence-corrected chi connectivity index (χ0v) is 11.7. The molecule has 0 saturated carbocycles. The van der Waals surface area contributed by atoms with Crippen LogP contribution in [0, 0.1) is 0 Å². The van der Waals surface area contributed by atoms with Crippen LogP contribution in [0.4, 0.5) is 5.69 Å². The van der Waals surface area contributed by atoms with Gasteiger partial charge in [-0.1, -0.05) is 0 Å². The highest BCUT2D eigenvalue weighted by Crippen LogP contribution is 2.22. The van der Waals surface area contributed by atoms with Crippen LogP contribution in [-0.2, 0) is 0 Å². The summed E-state index contributed by atoms with van der Waals surface area (Å²) in [5.41, 5.74) is 3.84. The smallest absolute Gasteiger partial charge is 0.181 e. The van der Waals surface area contributed by atoms with Crippen molar-refractivity contribution >= 4 is 16.9 Å². The van der Waals surface area contributed by atoms with E-state index in [1.54, 1.807) is 6.20 Å². The van der Waals surface area contributed by atoms with Crippen molar-refractivity contribution in [2.45, 2.75) is 13.8 Å². The maximum atomic E-state index is 4.48. The van der Waals surface area contributed by atoms with Gasteiger partial charge in [0.15, 0.2) is 5.65 Å². The van der Waals surface area contributed by atoms with Crippen LogP contribution >= 0.6 is 0 Å². The van der Waals surface area contributed by atoms with Crippen molar-refractivity contribution in [3.63, 3.8) is 0 Å². The fourth-order valence-corrected chi connectivity index (χ4v) is 2.32. The van der Waals surface area contributed by atoms with Gasteiger partial charge in [-0.2, -0.15) is 0 Å². The minimum absolute atomic E-state index is 0.697. The molecule has 0 fully saturated rings. The molecule has 0 aliphatic carbocycles. The molecule has 0 unspecified atom stereocenters. The summed E-state index contributed by atoms with van der Waals surface area (Å²) in [4.78, 5) is 18.2. The van der Waals surface area contributed by atoms with Gasteiger partial charge in [-0.05, 0) is 38.1 Å². The van der Waals surface area contributed by atoms with E-state index in [-0.39, 0.29) is 0 Å². The monoisotopic (exact) mass is 267 g/mol. The lowest BCUT2D eigenvalue weighted by atomic mass is 10.2. The van der Waals surface area contributed by atoms with Crippen LogP contribution in [0.5, 0.6) is 0 Å². The van der Waals surface area contributed by atoms with Crippen molar-refractivity contribution in [3.05, 3.63) is 36.8 Å². The minimum atomic E-state index is 0.697. The van der Waals surface area contributed by atoms with Gasteiger partial charge in [0.25, 0.3) is 0 Å². The lowest BCUT2D eigenvalue weighted by Crippen LogP contribution is -2.21. The number of hydrogen-bond acceptors (Lipinski definition) is 4. The van der Waals surface area contributed by atoms with E-state index in [0.29, 0.717) is 5.65 Å². The molecule has 0 radical (unpaired) electrons. The van der Waals surface area contributed by atoms with Crippen LogP contribution in [-0.4, -0.2) is 33.0 Å². The Morgan fingerprint density at radius 2 is 1.85 bits per heavy atom. The van der Waals surface area contributed by atoms with Crippen LogP contribution in [0.1, 0.15) is 13.8 Å². The van der Waals surface area contributed by atoms with E-state index in [2.05, 4.69) is 62.9 Å². The predicted octanol–water partition coefficient (Wildman–Crippen LogP) is 2.87. The largest absolute Gasteiger partial charge is 0.372 e. The lowest BCUT2D eigenvalue weighted by molar-refractivity contribution is 0.866. The summed E-state index contributed by atoms with van der Waals surface area (Å²) in [6, 6.07) is 8.42. The molecule has 102 valence electrons. The molecule has 2 heterocycles. The molecule has 0 saturated heterocycles. The van der Waals surface area contributed by atoms with Gasteiger partial charge in [-0.25, -0.2) is 15.0 Å². The number of imidazole rings is 1. The van der Waals surface area contributed by atoms with Gasteiger partial charge < -0.3 is 9.88 Å². The molecule has 0 atom stereocenters. The van der Waals surface area contributed by atoms with Crippen molar-refractivity contribution in [2.24, 2.45) is 0 Å². The molecule has 1 aromatic carbocycles. The molecule has 3 aromatic rings. The first-order chi connectivity index (χ1) is 9.81. The third-order valence-corrected chi connectivity index (χ3v) is 3.43. The average Bonchev–Trinajstić information content (AvgIpc) is 2.93. The zero-order valence-electron chi connectivity index (χ0n) is 11.7. The Kier molecular flexibility index (Phi) is 3.33. The summed E-state index contributed by atoms with van der Waals surface area (Å²) in [6.07, 6.45) is 3.25. The number of hydrogen-bond donors (Lipinski definition) is 1. The van der Waals surface area contributed by atoms with E-state index in [4.69, 9.17) is 0 Å². The number of rotatable bonds is 4. The first kappa shape index (κ1) is 12.6. The molecule has 0 aliphatic heterocycles. The highest BCUT2D eigenvalue weighted by atomic mass is 15.1. The number of benzene rings is 1. The Balaban J connectivity index is 1.94. The number of fused-ring (bicyclic) bond motifs is 1. The van der Waals surface area contributed by atoms with E-state index >= 15 is 0 Å². The molecule has 0 spiro atoms. The Labute approximate surface area is 117 Å².